The lowest BCUT2D eigenvalue weighted by molar-refractivity contribution is 0.0822. The highest BCUT2D eigenvalue weighted by atomic mass is 79.9. The Hall–Kier alpha value is -2.56. The molecule has 6 rings (SSSR count). The molecule has 0 bridgehead atoms. The highest BCUT2D eigenvalue weighted by Crippen LogP contribution is 2.36. The Morgan fingerprint density at radius 2 is 1.87 bits per heavy atom. The molecule has 9 nitrogen and oxygen atoms in total. The molecule has 0 spiro atoms. The summed E-state index contributed by atoms with van der Waals surface area (Å²) in [6.45, 7) is 14.8. The molecule has 0 radical (unpaired) electrons. The van der Waals surface area contributed by atoms with Gasteiger partial charge in [-0.3, -0.25) is 4.90 Å². The van der Waals surface area contributed by atoms with E-state index >= 15 is 0 Å². The van der Waals surface area contributed by atoms with Crippen LogP contribution in [-0.2, 0) is 11.3 Å². The molecule has 10 heteroatoms. The zero-order chi connectivity index (χ0) is 26.6. The molecule has 4 aromatic rings. The first-order valence-corrected chi connectivity index (χ1v) is 14.6. The molecule has 0 N–H and O–H groups in total. The Labute approximate surface area is 232 Å². The quantitative estimate of drug-likeness (QED) is 0.317. The molecule has 202 valence electrons. The van der Waals surface area contributed by atoms with Gasteiger partial charge in [-0.25, -0.2) is 9.38 Å². The highest BCUT2D eigenvalue weighted by Gasteiger charge is 2.37. The molecule has 0 saturated carbocycles. The topological polar surface area (TPSA) is 76.6 Å². The normalized spacial score (nSPS) is 23.8. The largest absolute Gasteiger partial charge is 0.376 e. The predicted octanol–water partition coefficient (Wildman–Crippen LogP) is 5.02. The fourth-order valence-corrected chi connectivity index (χ4v) is 6.68. The molecule has 2 aliphatic rings. The average Bonchev–Trinajstić information content (AvgIpc) is 3.63. The molecule has 5 heterocycles. The number of hydrogen-bond acceptors (Lipinski definition) is 7. The van der Waals surface area contributed by atoms with E-state index in [-0.39, 0.29) is 12.1 Å². The lowest BCUT2D eigenvalue weighted by atomic mass is 9.91. The first kappa shape index (κ1) is 25.7. The van der Waals surface area contributed by atoms with E-state index in [0.29, 0.717) is 23.8 Å². The van der Waals surface area contributed by atoms with Crippen LogP contribution in [0.15, 0.2) is 35.1 Å². The van der Waals surface area contributed by atoms with Crippen LogP contribution in [0.2, 0.25) is 0 Å². The fraction of sp³-hybridized carbons (Fsp3) is 0.571. The van der Waals surface area contributed by atoms with Gasteiger partial charge in [-0.15, -0.1) is 10.2 Å². The maximum atomic E-state index is 5.97. The molecular weight excluding hydrogens is 544 g/mol. The first-order valence-electron chi connectivity index (χ1n) is 13.8. The number of ether oxygens (including phenoxy) is 1. The van der Waals surface area contributed by atoms with E-state index in [2.05, 4.69) is 99.4 Å². The average molecular weight is 582 g/mol. The number of fused-ring (bicyclic) bond motifs is 3. The molecular formula is C28H37BrN8O. The van der Waals surface area contributed by atoms with Gasteiger partial charge in [-0.2, -0.15) is 4.98 Å². The van der Waals surface area contributed by atoms with Gasteiger partial charge in [0.05, 0.1) is 12.6 Å². The van der Waals surface area contributed by atoms with Crippen LogP contribution >= 0.6 is 15.9 Å². The molecule has 0 aliphatic carbocycles. The van der Waals surface area contributed by atoms with Gasteiger partial charge in [0, 0.05) is 42.3 Å². The number of rotatable bonds is 6. The monoisotopic (exact) mass is 580 g/mol. The Morgan fingerprint density at radius 1 is 1.08 bits per heavy atom. The molecule has 2 saturated heterocycles. The van der Waals surface area contributed by atoms with E-state index < -0.39 is 0 Å². The van der Waals surface area contributed by atoms with Crippen molar-refractivity contribution < 1.29 is 4.74 Å². The van der Waals surface area contributed by atoms with E-state index in [4.69, 9.17) is 14.7 Å². The van der Waals surface area contributed by atoms with E-state index in [1.165, 1.54) is 5.56 Å². The summed E-state index contributed by atoms with van der Waals surface area (Å²) < 4.78 is 11.3. The van der Waals surface area contributed by atoms with Crippen LogP contribution in [0.4, 0.5) is 5.82 Å². The number of hydrogen-bond donors (Lipinski definition) is 0. The summed E-state index contributed by atoms with van der Waals surface area (Å²) in [6, 6.07) is 9.76. The van der Waals surface area contributed by atoms with Gasteiger partial charge in [0.15, 0.2) is 11.5 Å². The van der Waals surface area contributed by atoms with Crippen molar-refractivity contribution in [1.29, 1.82) is 0 Å². The molecule has 38 heavy (non-hydrogen) atoms. The predicted molar refractivity (Wildman–Crippen MR) is 152 cm³/mol. The summed E-state index contributed by atoms with van der Waals surface area (Å²) in [5.41, 5.74) is 3.28. The Morgan fingerprint density at radius 3 is 2.58 bits per heavy atom. The second-order valence-electron chi connectivity index (χ2n) is 11.3. The summed E-state index contributed by atoms with van der Waals surface area (Å²) in [4.78, 5) is 15.2. The number of aryl methyl sites for hydroxylation is 1. The summed E-state index contributed by atoms with van der Waals surface area (Å²) >= 11 is 3.59. The van der Waals surface area contributed by atoms with Crippen LogP contribution in [0.1, 0.15) is 58.0 Å². The zero-order valence-corrected chi connectivity index (χ0v) is 24.5. The van der Waals surface area contributed by atoms with Gasteiger partial charge in [0.25, 0.3) is 5.78 Å². The van der Waals surface area contributed by atoms with Crippen molar-refractivity contribution in [3.63, 3.8) is 0 Å². The second kappa shape index (κ2) is 10.2. The van der Waals surface area contributed by atoms with Crippen LogP contribution in [0.5, 0.6) is 0 Å². The van der Waals surface area contributed by atoms with Crippen molar-refractivity contribution in [2.75, 3.05) is 24.6 Å². The maximum absolute atomic E-state index is 5.97. The summed E-state index contributed by atoms with van der Waals surface area (Å²) in [5, 5.41) is 8.55. The van der Waals surface area contributed by atoms with Gasteiger partial charge < -0.3 is 14.2 Å². The molecule has 2 fully saturated rings. The minimum Gasteiger partial charge on any atom is -0.376 e. The van der Waals surface area contributed by atoms with Crippen molar-refractivity contribution in [2.45, 2.75) is 78.2 Å². The lowest BCUT2D eigenvalue weighted by Gasteiger charge is -2.49. The smallest absolute Gasteiger partial charge is 0.258 e. The van der Waals surface area contributed by atoms with E-state index in [0.717, 1.165) is 66.4 Å². The Kier molecular flexibility index (Phi) is 6.90. The number of imidazole rings is 1. The Balaban J connectivity index is 1.37. The molecule has 1 aromatic carbocycles. The summed E-state index contributed by atoms with van der Waals surface area (Å²) in [5.74, 6) is 2.97. The minimum absolute atomic E-state index is 0.211. The van der Waals surface area contributed by atoms with Crippen LogP contribution in [-0.4, -0.2) is 71.9 Å². The van der Waals surface area contributed by atoms with Crippen LogP contribution in [0.3, 0.4) is 0 Å². The number of benzene rings is 1. The van der Waals surface area contributed by atoms with Gasteiger partial charge in [0.1, 0.15) is 17.7 Å². The van der Waals surface area contributed by atoms with Gasteiger partial charge in [0.2, 0.25) is 0 Å². The first-order chi connectivity index (χ1) is 18.3. The lowest BCUT2D eigenvalue weighted by Crippen LogP contribution is -2.58. The number of piperazine rings is 1. The van der Waals surface area contributed by atoms with Gasteiger partial charge >= 0.3 is 0 Å². The van der Waals surface area contributed by atoms with Gasteiger partial charge in [-0.05, 0) is 57.2 Å². The maximum Gasteiger partial charge on any atom is 0.258 e. The van der Waals surface area contributed by atoms with Crippen molar-refractivity contribution in [1.82, 2.24) is 34.0 Å². The Bertz CT molecular complexity index is 1420. The standard InChI is InChI=1S/C28H37BrN8O/c1-17(2)25(21-8-10-22(29)11-9-21)34-13-19(4)35(14-18(34)3)26-24-27(37-16-30-33-28(37)32-26)36(20(5)31-24)15-23-7-6-12-38-23/h8-11,16-19,23,25H,6-7,12-15H2,1-5H3/t18-,19+,23+,25-/m1/s1. The molecule has 3 aromatic heterocycles. The summed E-state index contributed by atoms with van der Waals surface area (Å²) in [6.07, 6.45) is 4.15. The minimum atomic E-state index is 0.211. The molecule has 4 atom stereocenters. The second-order valence-corrected chi connectivity index (χ2v) is 12.2. The van der Waals surface area contributed by atoms with E-state index in [1.807, 2.05) is 4.40 Å². The third-order valence-corrected chi connectivity index (χ3v) is 8.75. The number of halogens is 1. The highest BCUT2D eigenvalue weighted by molar-refractivity contribution is 9.10. The van der Waals surface area contributed by atoms with E-state index in [1.54, 1.807) is 6.33 Å². The SMILES string of the molecule is Cc1nc2c(N3C[C@@H](C)N([C@@H](c4ccc(Br)cc4)C(C)C)C[C@@H]3C)nc3nncn3c2n1C[C@@H]1CCCO1. The number of nitrogens with zero attached hydrogens (tertiary/aromatic N) is 8. The third kappa shape index (κ3) is 4.50. The van der Waals surface area contributed by atoms with Gasteiger partial charge in [-0.1, -0.05) is 41.9 Å². The summed E-state index contributed by atoms with van der Waals surface area (Å²) in [7, 11) is 0. The van der Waals surface area contributed by atoms with Crippen LogP contribution in [0, 0.1) is 12.8 Å². The molecule has 2 aliphatic heterocycles. The van der Waals surface area contributed by atoms with E-state index in [9.17, 15) is 0 Å². The fourth-order valence-electron chi connectivity index (χ4n) is 6.42. The molecule has 0 amide bonds. The van der Waals surface area contributed by atoms with Crippen molar-refractivity contribution >= 4 is 38.7 Å². The van der Waals surface area contributed by atoms with Crippen LogP contribution in [0.25, 0.3) is 16.9 Å². The number of aromatic nitrogens is 6. The zero-order valence-electron chi connectivity index (χ0n) is 22.9. The van der Waals surface area contributed by atoms with Crippen molar-refractivity contribution in [2.24, 2.45) is 5.92 Å². The molecule has 0 unspecified atom stereocenters. The third-order valence-electron chi connectivity index (χ3n) is 8.22. The van der Waals surface area contributed by atoms with Crippen molar-refractivity contribution in [3.8, 4) is 0 Å². The number of anilines is 1. The van der Waals surface area contributed by atoms with Crippen molar-refractivity contribution in [3.05, 3.63) is 46.5 Å². The van der Waals surface area contributed by atoms with Crippen LogP contribution < -0.4 is 4.90 Å².